The second-order valence-electron chi connectivity index (χ2n) is 4.54. The lowest BCUT2D eigenvalue weighted by Crippen LogP contribution is -2.20. The summed E-state index contributed by atoms with van der Waals surface area (Å²) in [5, 5.41) is 14.2. The third-order valence-electron chi connectivity index (χ3n) is 2.79. The Morgan fingerprint density at radius 2 is 2.04 bits per heavy atom. The number of amides is 1. The number of nitrogens with zero attached hydrogens (tertiary/aromatic N) is 1. The number of carbonyl (C=O) groups is 2. The normalized spacial score (nSPS) is 10.0. The van der Waals surface area contributed by atoms with Gasteiger partial charge < -0.3 is 10.1 Å². The van der Waals surface area contributed by atoms with Crippen LogP contribution in [0.15, 0.2) is 40.6 Å². The quantitative estimate of drug-likeness (QED) is 0.581. The molecule has 0 fully saturated rings. The van der Waals surface area contributed by atoms with Crippen LogP contribution in [0.2, 0.25) is 5.02 Å². The van der Waals surface area contributed by atoms with E-state index in [-0.39, 0.29) is 13.0 Å². The summed E-state index contributed by atoms with van der Waals surface area (Å²) in [7, 11) is 0. The molecule has 24 heavy (non-hydrogen) atoms. The highest BCUT2D eigenvalue weighted by Crippen LogP contribution is 2.22. The highest BCUT2D eigenvalue weighted by molar-refractivity contribution is 7.99. The SMILES string of the molecule is N#Cc1ccsc1NC(=O)COC(=O)CCSc1ccc(Cl)cc1. The molecule has 0 bridgehead atoms. The summed E-state index contributed by atoms with van der Waals surface area (Å²) in [5.41, 5.74) is 0.388. The van der Waals surface area contributed by atoms with Gasteiger partial charge in [-0.3, -0.25) is 9.59 Å². The lowest BCUT2D eigenvalue weighted by molar-refractivity contribution is -0.146. The molecule has 2 aromatic rings. The van der Waals surface area contributed by atoms with Crippen LogP contribution in [0.25, 0.3) is 0 Å². The zero-order chi connectivity index (χ0) is 17.4. The first-order chi connectivity index (χ1) is 11.6. The Balaban J connectivity index is 1.66. The molecule has 8 heteroatoms. The van der Waals surface area contributed by atoms with Crippen LogP contribution in [0.4, 0.5) is 5.00 Å². The van der Waals surface area contributed by atoms with Gasteiger partial charge in [-0.2, -0.15) is 5.26 Å². The molecule has 0 saturated carbocycles. The third kappa shape index (κ3) is 5.89. The fourth-order valence-electron chi connectivity index (χ4n) is 1.66. The van der Waals surface area contributed by atoms with Crippen LogP contribution in [0.3, 0.4) is 0 Å². The van der Waals surface area contributed by atoms with Crippen molar-refractivity contribution in [3.05, 3.63) is 46.3 Å². The highest BCUT2D eigenvalue weighted by atomic mass is 35.5. The van der Waals surface area contributed by atoms with Crippen molar-refractivity contribution in [2.45, 2.75) is 11.3 Å². The Labute approximate surface area is 152 Å². The number of ether oxygens (including phenoxy) is 1. The van der Waals surface area contributed by atoms with Crippen LogP contribution >= 0.6 is 34.7 Å². The van der Waals surface area contributed by atoms with Crippen molar-refractivity contribution in [3.63, 3.8) is 0 Å². The second-order valence-corrected chi connectivity index (χ2v) is 7.06. The summed E-state index contributed by atoms with van der Waals surface area (Å²) in [6, 6.07) is 10.9. The van der Waals surface area contributed by atoms with Gasteiger partial charge in [-0.25, -0.2) is 0 Å². The second kappa shape index (κ2) is 9.33. The molecule has 5 nitrogen and oxygen atoms in total. The predicted molar refractivity (Wildman–Crippen MR) is 95.4 cm³/mol. The number of halogens is 1. The van der Waals surface area contributed by atoms with E-state index >= 15 is 0 Å². The molecule has 1 amide bonds. The molecule has 1 heterocycles. The van der Waals surface area contributed by atoms with E-state index < -0.39 is 11.9 Å². The minimum atomic E-state index is -0.465. The first-order valence-corrected chi connectivity index (χ1v) is 9.14. The average molecular weight is 381 g/mol. The number of nitriles is 1. The van der Waals surface area contributed by atoms with Gasteiger partial charge in [0, 0.05) is 15.7 Å². The lowest BCUT2D eigenvalue weighted by Gasteiger charge is -2.06. The number of thioether (sulfide) groups is 1. The van der Waals surface area contributed by atoms with Crippen molar-refractivity contribution in [1.82, 2.24) is 0 Å². The van der Waals surface area contributed by atoms with E-state index in [1.807, 2.05) is 18.2 Å². The summed E-state index contributed by atoms with van der Waals surface area (Å²) in [4.78, 5) is 24.3. The van der Waals surface area contributed by atoms with Gasteiger partial charge in [0.15, 0.2) is 6.61 Å². The Kier molecular flexibility index (Phi) is 7.12. The standard InChI is InChI=1S/C16H13ClN2O3S2/c17-12-1-3-13(4-2-12)23-8-6-15(21)22-10-14(20)19-16-11(9-18)5-7-24-16/h1-5,7H,6,8,10H2,(H,19,20). The minimum Gasteiger partial charge on any atom is -0.456 e. The number of carbonyl (C=O) groups excluding carboxylic acids is 2. The van der Waals surface area contributed by atoms with Crippen LogP contribution in [0.5, 0.6) is 0 Å². The number of hydrogen-bond acceptors (Lipinski definition) is 6. The van der Waals surface area contributed by atoms with Gasteiger partial charge in [0.05, 0.1) is 12.0 Å². The number of rotatable bonds is 7. The van der Waals surface area contributed by atoms with E-state index in [4.69, 9.17) is 21.6 Å². The summed E-state index contributed by atoms with van der Waals surface area (Å²) >= 11 is 8.55. The van der Waals surface area contributed by atoms with Crippen molar-refractivity contribution in [3.8, 4) is 6.07 Å². The molecule has 0 spiro atoms. The summed E-state index contributed by atoms with van der Waals surface area (Å²) in [6.45, 7) is -0.368. The van der Waals surface area contributed by atoms with Crippen LogP contribution < -0.4 is 5.32 Å². The van der Waals surface area contributed by atoms with Crippen molar-refractivity contribution >= 4 is 51.6 Å². The monoisotopic (exact) mass is 380 g/mol. The number of esters is 1. The molecule has 2 rings (SSSR count). The first-order valence-electron chi connectivity index (χ1n) is 6.90. The van der Waals surface area contributed by atoms with Gasteiger partial charge >= 0.3 is 5.97 Å². The van der Waals surface area contributed by atoms with Crippen LogP contribution in [0, 0.1) is 11.3 Å². The van der Waals surface area contributed by atoms with E-state index in [9.17, 15) is 9.59 Å². The van der Waals surface area contributed by atoms with Crippen LogP contribution in [-0.4, -0.2) is 24.2 Å². The molecule has 124 valence electrons. The van der Waals surface area contributed by atoms with Crippen molar-refractivity contribution in [2.75, 3.05) is 17.7 Å². The Bertz CT molecular complexity index is 753. The summed E-state index contributed by atoms with van der Waals surface area (Å²) < 4.78 is 4.92. The largest absolute Gasteiger partial charge is 0.456 e. The first kappa shape index (κ1) is 18.3. The van der Waals surface area contributed by atoms with Gasteiger partial charge in [-0.15, -0.1) is 23.1 Å². The molecule has 0 aliphatic carbocycles. The molecule has 0 radical (unpaired) electrons. The van der Waals surface area contributed by atoms with E-state index in [1.54, 1.807) is 23.6 Å². The highest BCUT2D eigenvalue weighted by Gasteiger charge is 2.11. The number of nitrogens with one attached hydrogen (secondary N) is 1. The number of hydrogen-bond donors (Lipinski definition) is 1. The number of benzene rings is 1. The van der Waals surface area contributed by atoms with Crippen LogP contribution in [0.1, 0.15) is 12.0 Å². The molecule has 0 unspecified atom stereocenters. The Hall–Kier alpha value is -2.01. The molecule has 0 saturated heterocycles. The van der Waals surface area contributed by atoms with Gasteiger partial charge in [-0.05, 0) is 35.7 Å². The van der Waals surface area contributed by atoms with Gasteiger partial charge in [0.1, 0.15) is 11.1 Å². The van der Waals surface area contributed by atoms with Gasteiger partial charge in [0.25, 0.3) is 5.91 Å². The average Bonchev–Trinajstić information content (AvgIpc) is 3.02. The Morgan fingerprint density at radius 1 is 1.29 bits per heavy atom. The van der Waals surface area contributed by atoms with Crippen molar-refractivity contribution in [1.29, 1.82) is 5.26 Å². The van der Waals surface area contributed by atoms with Gasteiger partial charge in [0.2, 0.25) is 0 Å². The molecule has 0 aliphatic rings. The Morgan fingerprint density at radius 3 is 2.75 bits per heavy atom. The van der Waals surface area contributed by atoms with Crippen LogP contribution in [-0.2, 0) is 14.3 Å². The molecule has 0 atom stereocenters. The van der Waals surface area contributed by atoms with Crippen molar-refractivity contribution in [2.24, 2.45) is 0 Å². The zero-order valence-electron chi connectivity index (χ0n) is 12.5. The third-order valence-corrected chi connectivity index (χ3v) is 4.89. The summed E-state index contributed by atoms with van der Waals surface area (Å²) in [5.74, 6) is -0.364. The lowest BCUT2D eigenvalue weighted by atomic mass is 10.3. The van der Waals surface area contributed by atoms with E-state index in [1.165, 1.54) is 23.1 Å². The number of thiophene rings is 1. The maximum absolute atomic E-state index is 11.7. The number of anilines is 1. The van der Waals surface area contributed by atoms with E-state index in [0.29, 0.717) is 21.3 Å². The van der Waals surface area contributed by atoms with E-state index in [0.717, 1.165) is 4.90 Å². The fraction of sp³-hybridized carbons (Fsp3) is 0.188. The molecule has 0 aliphatic heterocycles. The topological polar surface area (TPSA) is 79.2 Å². The molecular weight excluding hydrogens is 368 g/mol. The van der Waals surface area contributed by atoms with Crippen molar-refractivity contribution < 1.29 is 14.3 Å². The molecule has 1 aromatic carbocycles. The molecule has 1 N–H and O–H groups in total. The summed E-state index contributed by atoms with van der Waals surface area (Å²) in [6.07, 6.45) is 0.197. The maximum atomic E-state index is 11.7. The van der Waals surface area contributed by atoms with E-state index in [2.05, 4.69) is 5.32 Å². The smallest absolute Gasteiger partial charge is 0.307 e. The molecular formula is C16H13ClN2O3S2. The van der Waals surface area contributed by atoms with Gasteiger partial charge in [-0.1, -0.05) is 11.6 Å². The molecule has 1 aromatic heterocycles. The minimum absolute atomic E-state index is 0.197. The maximum Gasteiger partial charge on any atom is 0.307 e. The zero-order valence-corrected chi connectivity index (χ0v) is 14.8. The predicted octanol–water partition coefficient (Wildman–Crippen LogP) is 3.94. The fourth-order valence-corrected chi connectivity index (χ4v) is 3.37.